The smallest absolute Gasteiger partial charge is 0.175 e. The van der Waals surface area contributed by atoms with Gasteiger partial charge in [-0.25, -0.2) is 0 Å². The van der Waals surface area contributed by atoms with Crippen molar-refractivity contribution in [1.29, 1.82) is 0 Å². The van der Waals surface area contributed by atoms with E-state index in [1.54, 1.807) is 25.3 Å². The van der Waals surface area contributed by atoms with Gasteiger partial charge in [0, 0.05) is 12.1 Å². The van der Waals surface area contributed by atoms with Crippen LogP contribution in [0, 0.1) is 0 Å². The molecule has 0 aliphatic rings. The van der Waals surface area contributed by atoms with E-state index in [0.29, 0.717) is 38.0 Å². The minimum Gasteiger partial charge on any atom is -0.495 e. The number of hydrogen-bond acceptors (Lipinski definition) is 3. The third kappa shape index (κ3) is 3.94. The summed E-state index contributed by atoms with van der Waals surface area (Å²) in [6, 6.07) is 10.7. The lowest BCUT2D eigenvalue weighted by atomic mass is 10.2. The summed E-state index contributed by atoms with van der Waals surface area (Å²) in [5, 5.41) is 7.46. The van der Waals surface area contributed by atoms with Gasteiger partial charge in [-0.05, 0) is 24.4 Å². The Hall–Kier alpha value is -1.69. The van der Waals surface area contributed by atoms with Crippen LogP contribution < -0.4 is 20.1 Å². The van der Waals surface area contributed by atoms with E-state index in [2.05, 4.69) is 10.6 Å². The molecule has 0 saturated heterocycles. The van der Waals surface area contributed by atoms with Gasteiger partial charge in [0.15, 0.2) is 5.11 Å². The van der Waals surface area contributed by atoms with Crippen molar-refractivity contribution >= 4 is 51.9 Å². The number of thiocarbonyl (C=S) groups is 1. The van der Waals surface area contributed by atoms with Crippen molar-refractivity contribution in [3.63, 3.8) is 0 Å². The third-order valence-corrected chi connectivity index (χ3v) is 3.67. The van der Waals surface area contributed by atoms with Crippen LogP contribution in [0.2, 0.25) is 10.0 Å². The first-order valence-electron chi connectivity index (χ1n) is 6.29. The quantitative estimate of drug-likeness (QED) is 0.768. The highest BCUT2D eigenvalue weighted by Gasteiger charge is 2.11. The zero-order valence-corrected chi connectivity index (χ0v) is 14.3. The Labute approximate surface area is 144 Å². The highest BCUT2D eigenvalue weighted by molar-refractivity contribution is 7.80. The predicted molar refractivity (Wildman–Crippen MR) is 95.9 cm³/mol. The summed E-state index contributed by atoms with van der Waals surface area (Å²) < 4.78 is 10.5. The maximum absolute atomic E-state index is 6.09. The van der Waals surface area contributed by atoms with Gasteiger partial charge in [-0.2, -0.15) is 0 Å². The SMILES string of the molecule is COc1cc(NC(=S)Nc2ccccc2Cl)c(OC)cc1Cl. The number of halogens is 2. The number of anilines is 2. The fourth-order valence-corrected chi connectivity index (χ4v) is 2.43. The van der Waals surface area contributed by atoms with Gasteiger partial charge in [0.2, 0.25) is 0 Å². The molecule has 2 aromatic rings. The lowest BCUT2D eigenvalue weighted by Gasteiger charge is -2.15. The number of nitrogens with one attached hydrogen (secondary N) is 2. The Kier molecular flexibility index (Phi) is 5.71. The van der Waals surface area contributed by atoms with Crippen LogP contribution >= 0.6 is 35.4 Å². The van der Waals surface area contributed by atoms with Crippen molar-refractivity contribution in [1.82, 2.24) is 0 Å². The van der Waals surface area contributed by atoms with Gasteiger partial charge in [-0.3, -0.25) is 0 Å². The number of ether oxygens (including phenoxy) is 2. The average Bonchev–Trinajstić information content (AvgIpc) is 2.50. The summed E-state index contributed by atoms with van der Waals surface area (Å²) >= 11 is 17.4. The molecule has 0 aromatic heterocycles. The topological polar surface area (TPSA) is 42.5 Å². The number of rotatable bonds is 4. The highest BCUT2D eigenvalue weighted by Crippen LogP contribution is 2.36. The molecule has 116 valence electrons. The molecule has 0 saturated carbocycles. The van der Waals surface area contributed by atoms with Crippen molar-refractivity contribution in [3.05, 3.63) is 46.4 Å². The summed E-state index contributed by atoms with van der Waals surface area (Å²) in [5.74, 6) is 1.07. The fraction of sp³-hybridized carbons (Fsp3) is 0.133. The summed E-state index contributed by atoms with van der Waals surface area (Å²) in [4.78, 5) is 0. The molecule has 0 radical (unpaired) electrons. The summed E-state index contributed by atoms with van der Waals surface area (Å²) in [6.45, 7) is 0. The molecule has 0 aliphatic carbocycles. The van der Waals surface area contributed by atoms with Gasteiger partial charge in [-0.15, -0.1) is 0 Å². The van der Waals surface area contributed by atoms with Gasteiger partial charge in [0.25, 0.3) is 0 Å². The van der Waals surface area contributed by atoms with Crippen molar-refractivity contribution in [2.75, 3.05) is 24.9 Å². The predicted octanol–water partition coefficient (Wildman–Crippen LogP) is 4.82. The molecule has 7 heteroatoms. The molecule has 2 rings (SSSR count). The second kappa shape index (κ2) is 7.54. The molecular formula is C15H14Cl2N2O2S. The fourth-order valence-electron chi connectivity index (χ4n) is 1.80. The maximum Gasteiger partial charge on any atom is 0.175 e. The van der Waals surface area contributed by atoms with Gasteiger partial charge < -0.3 is 20.1 Å². The van der Waals surface area contributed by atoms with Gasteiger partial charge in [-0.1, -0.05) is 35.3 Å². The molecule has 4 nitrogen and oxygen atoms in total. The number of para-hydroxylation sites is 1. The first kappa shape index (κ1) is 16.7. The normalized spacial score (nSPS) is 10.0. The molecule has 0 fully saturated rings. The van der Waals surface area contributed by atoms with Crippen molar-refractivity contribution in [2.45, 2.75) is 0 Å². The maximum atomic E-state index is 6.09. The van der Waals surface area contributed by atoms with Crippen LogP contribution in [0.25, 0.3) is 0 Å². The van der Waals surface area contributed by atoms with Gasteiger partial charge in [0.05, 0.1) is 35.6 Å². The minimum atomic E-state index is 0.371. The monoisotopic (exact) mass is 356 g/mol. The Morgan fingerprint density at radius 3 is 2.18 bits per heavy atom. The molecule has 2 aromatic carbocycles. The first-order chi connectivity index (χ1) is 10.5. The molecule has 0 atom stereocenters. The van der Waals surface area contributed by atoms with Crippen LogP contribution in [0.1, 0.15) is 0 Å². The largest absolute Gasteiger partial charge is 0.495 e. The molecule has 22 heavy (non-hydrogen) atoms. The molecule has 0 heterocycles. The lowest BCUT2D eigenvalue weighted by Crippen LogP contribution is -2.19. The van der Waals surface area contributed by atoms with E-state index in [1.165, 1.54) is 7.11 Å². The molecule has 2 N–H and O–H groups in total. The molecule has 0 amide bonds. The summed E-state index contributed by atoms with van der Waals surface area (Å²) in [6.07, 6.45) is 0. The van der Waals surface area contributed by atoms with Crippen LogP contribution in [0.15, 0.2) is 36.4 Å². The molecule has 0 unspecified atom stereocenters. The second-order valence-electron chi connectivity index (χ2n) is 4.25. The van der Waals surface area contributed by atoms with Crippen LogP contribution in [0.5, 0.6) is 11.5 Å². The lowest BCUT2D eigenvalue weighted by molar-refractivity contribution is 0.405. The first-order valence-corrected chi connectivity index (χ1v) is 7.45. The van der Waals surface area contributed by atoms with Crippen LogP contribution in [-0.2, 0) is 0 Å². The Bertz CT molecular complexity index is 695. The van der Waals surface area contributed by atoms with Crippen molar-refractivity contribution in [3.8, 4) is 11.5 Å². The van der Waals surface area contributed by atoms with E-state index in [0.717, 1.165) is 0 Å². The molecule has 0 aliphatic heterocycles. The summed E-state index contributed by atoms with van der Waals surface area (Å²) in [5.41, 5.74) is 1.34. The standard InChI is InChI=1S/C15H14Cl2N2O2S/c1-20-13-8-12(14(21-2)7-10(13)17)19-15(22)18-11-6-4-3-5-9(11)16/h3-8H,1-2H3,(H2,18,19,22). The van der Waals surface area contributed by atoms with E-state index < -0.39 is 0 Å². The number of benzene rings is 2. The van der Waals surface area contributed by atoms with E-state index >= 15 is 0 Å². The molecular weight excluding hydrogens is 343 g/mol. The highest BCUT2D eigenvalue weighted by atomic mass is 35.5. The van der Waals surface area contributed by atoms with Crippen molar-refractivity contribution < 1.29 is 9.47 Å². The van der Waals surface area contributed by atoms with E-state index in [9.17, 15) is 0 Å². The average molecular weight is 357 g/mol. The van der Waals surface area contributed by atoms with Crippen LogP contribution in [-0.4, -0.2) is 19.3 Å². The van der Waals surface area contributed by atoms with Crippen LogP contribution in [0.3, 0.4) is 0 Å². The number of hydrogen-bond donors (Lipinski definition) is 2. The Morgan fingerprint density at radius 1 is 0.909 bits per heavy atom. The summed E-state index contributed by atoms with van der Waals surface area (Å²) in [7, 11) is 3.09. The molecule has 0 bridgehead atoms. The van der Waals surface area contributed by atoms with E-state index in [-0.39, 0.29) is 0 Å². The zero-order chi connectivity index (χ0) is 16.1. The third-order valence-electron chi connectivity index (χ3n) is 2.84. The van der Waals surface area contributed by atoms with Crippen LogP contribution in [0.4, 0.5) is 11.4 Å². The van der Waals surface area contributed by atoms with Gasteiger partial charge >= 0.3 is 0 Å². The minimum absolute atomic E-state index is 0.371. The Balaban J connectivity index is 2.19. The zero-order valence-electron chi connectivity index (χ0n) is 11.9. The number of methoxy groups -OCH3 is 2. The second-order valence-corrected chi connectivity index (χ2v) is 5.47. The van der Waals surface area contributed by atoms with E-state index in [4.69, 9.17) is 44.9 Å². The van der Waals surface area contributed by atoms with Gasteiger partial charge in [0.1, 0.15) is 11.5 Å². The van der Waals surface area contributed by atoms with Crippen molar-refractivity contribution in [2.24, 2.45) is 0 Å². The van der Waals surface area contributed by atoms with E-state index in [1.807, 2.05) is 18.2 Å². The Morgan fingerprint density at radius 2 is 1.55 bits per heavy atom. The molecule has 0 spiro atoms.